The molecule has 148 valence electrons. The fourth-order valence-corrected chi connectivity index (χ4v) is 2.87. The van der Waals surface area contributed by atoms with Crippen LogP contribution in [0.2, 0.25) is 0 Å². The van der Waals surface area contributed by atoms with Crippen molar-refractivity contribution >= 4 is 34.6 Å². The first-order chi connectivity index (χ1) is 14.5. The van der Waals surface area contributed by atoms with Gasteiger partial charge in [-0.1, -0.05) is 30.3 Å². The minimum atomic E-state index is -0.235. The number of carbonyl (C=O) groups is 2. The van der Waals surface area contributed by atoms with Crippen LogP contribution in [-0.4, -0.2) is 45.5 Å². The predicted octanol–water partition coefficient (Wildman–Crippen LogP) is 3.48. The van der Waals surface area contributed by atoms with Crippen LogP contribution in [0.4, 0.5) is 5.82 Å². The fraction of sp³-hybridized carbons (Fsp3) is 0.0870. The Hall–Kier alpha value is -4.13. The van der Waals surface area contributed by atoms with Crippen LogP contribution in [0.25, 0.3) is 17.1 Å². The van der Waals surface area contributed by atoms with E-state index in [1.807, 2.05) is 43.3 Å². The molecule has 0 spiro atoms. The van der Waals surface area contributed by atoms with Gasteiger partial charge in [-0.3, -0.25) is 14.6 Å². The number of carbonyl (C=O) groups excluding carboxylic acids is 2. The Bertz CT molecular complexity index is 1260. The molecular weight excluding hydrogens is 378 g/mol. The summed E-state index contributed by atoms with van der Waals surface area (Å²) in [5.74, 6) is 0.250. The van der Waals surface area contributed by atoms with Gasteiger partial charge < -0.3 is 4.90 Å². The Morgan fingerprint density at radius 2 is 1.70 bits per heavy atom. The summed E-state index contributed by atoms with van der Waals surface area (Å²) in [6, 6.07) is 16.1. The quantitative estimate of drug-likeness (QED) is 0.379. The Kier molecular flexibility index (Phi) is 5.17. The second kappa shape index (κ2) is 8.08. The molecule has 7 nitrogen and oxygen atoms in total. The van der Waals surface area contributed by atoms with Gasteiger partial charge in [0.05, 0.1) is 17.2 Å². The maximum absolute atomic E-state index is 12.5. The Morgan fingerprint density at radius 1 is 0.967 bits per heavy atom. The molecule has 0 saturated carbocycles. The van der Waals surface area contributed by atoms with Crippen LogP contribution >= 0.6 is 0 Å². The van der Waals surface area contributed by atoms with E-state index in [-0.39, 0.29) is 17.4 Å². The highest BCUT2D eigenvalue weighted by molar-refractivity contribution is 6.06. The minimum Gasteiger partial charge on any atom is -0.361 e. The summed E-state index contributed by atoms with van der Waals surface area (Å²) in [5.41, 5.74) is 3.01. The highest BCUT2D eigenvalue weighted by Crippen LogP contribution is 2.12. The normalized spacial score (nSPS) is 11.1. The molecular formula is C23H19N5O2. The van der Waals surface area contributed by atoms with Crippen LogP contribution in [0.5, 0.6) is 0 Å². The number of ketones is 1. The number of nitrogens with zero attached hydrogens (tertiary/aromatic N) is 5. The fourth-order valence-electron chi connectivity index (χ4n) is 2.87. The van der Waals surface area contributed by atoms with Gasteiger partial charge in [0.15, 0.2) is 5.82 Å². The van der Waals surface area contributed by atoms with E-state index in [9.17, 15) is 9.59 Å². The lowest BCUT2D eigenvalue weighted by molar-refractivity contribution is 0.0944. The second-order valence-corrected chi connectivity index (χ2v) is 6.88. The second-order valence-electron chi connectivity index (χ2n) is 6.88. The zero-order valence-electron chi connectivity index (χ0n) is 16.6. The summed E-state index contributed by atoms with van der Waals surface area (Å²) in [6.07, 6.45) is 6.25. The maximum atomic E-state index is 12.5. The van der Waals surface area contributed by atoms with Crippen molar-refractivity contribution in [2.75, 3.05) is 19.0 Å². The lowest BCUT2D eigenvalue weighted by Gasteiger charge is -2.06. The zero-order valence-corrected chi connectivity index (χ0v) is 16.6. The molecule has 0 aliphatic carbocycles. The molecule has 0 fully saturated rings. The molecule has 0 N–H and O–H groups in total. The van der Waals surface area contributed by atoms with Gasteiger partial charge in [-0.2, -0.15) is 0 Å². The Labute approximate surface area is 173 Å². The van der Waals surface area contributed by atoms with Crippen LogP contribution in [0, 0.1) is 0 Å². The van der Waals surface area contributed by atoms with Gasteiger partial charge in [0, 0.05) is 31.9 Å². The summed E-state index contributed by atoms with van der Waals surface area (Å²) < 4.78 is 1.31. The van der Waals surface area contributed by atoms with E-state index in [1.54, 1.807) is 42.6 Å². The van der Waals surface area contributed by atoms with Gasteiger partial charge in [-0.25, -0.2) is 9.67 Å². The number of allylic oxidation sites excluding steroid dienone is 1. The SMILES string of the molecule is CN(C)c1ccn(C(=O)c2ccc(C=CC(=O)c3cnc4ccccc4n3)cc2)n1. The maximum Gasteiger partial charge on any atom is 0.278 e. The molecule has 0 unspecified atom stereocenters. The van der Waals surface area contributed by atoms with Crippen molar-refractivity contribution in [1.82, 2.24) is 19.7 Å². The first kappa shape index (κ1) is 19.2. The molecule has 2 aromatic carbocycles. The molecule has 0 bridgehead atoms. The average Bonchev–Trinajstić information content (AvgIpc) is 3.28. The third-order valence-corrected chi connectivity index (χ3v) is 4.53. The first-order valence-electron chi connectivity index (χ1n) is 9.33. The van der Waals surface area contributed by atoms with E-state index in [0.29, 0.717) is 16.9 Å². The first-order valence-corrected chi connectivity index (χ1v) is 9.33. The van der Waals surface area contributed by atoms with Crippen LogP contribution < -0.4 is 4.90 Å². The zero-order chi connectivity index (χ0) is 21.1. The van der Waals surface area contributed by atoms with Crippen molar-refractivity contribution in [2.45, 2.75) is 0 Å². The smallest absolute Gasteiger partial charge is 0.278 e. The topological polar surface area (TPSA) is 81.0 Å². The summed E-state index contributed by atoms with van der Waals surface area (Å²) in [5, 5.41) is 4.24. The van der Waals surface area contributed by atoms with Crippen molar-refractivity contribution in [1.29, 1.82) is 0 Å². The van der Waals surface area contributed by atoms with Gasteiger partial charge >= 0.3 is 0 Å². The molecule has 0 aliphatic rings. The van der Waals surface area contributed by atoms with E-state index >= 15 is 0 Å². The number of rotatable bonds is 5. The Morgan fingerprint density at radius 3 is 2.40 bits per heavy atom. The number of aromatic nitrogens is 4. The van der Waals surface area contributed by atoms with E-state index < -0.39 is 0 Å². The molecule has 2 aromatic heterocycles. The molecule has 0 radical (unpaired) electrons. The number of anilines is 1. The van der Waals surface area contributed by atoms with Gasteiger partial charge in [0.2, 0.25) is 5.78 Å². The number of hydrogen-bond acceptors (Lipinski definition) is 6. The van der Waals surface area contributed by atoms with Crippen molar-refractivity contribution < 1.29 is 9.59 Å². The number of hydrogen-bond donors (Lipinski definition) is 0. The summed E-state index contributed by atoms with van der Waals surface area (Å²) in [4.78, 5) is 35.4. The molecule has 30 heavy (non-hydrogen) atoms. The van der Waals surface area contributed by atoms with Crippen molar-refractivity contribution in [3.8, 4) is 0 Å². The van der Waals surface area contributed by atoms with Crippen LogP contribution in [0.1, 0.15) is 26.4 Å². The average molecular weight is 397 g/mol. The van der Waals surface area contributed by atoms with E-state index in [1.165, 1.54) is 17.0 Å². The number of fused-ring (bicyclic) bond motifs is 1. The summed E-state index contributed by atoms with van der Waals surface area (Å²) in [6.45, 7) is 0. The summed E-state index contributed by atoms with van der Waals surface area (Å²) in [7, 11) is 3.73. The Balaban J connectivity index is 1.47. The monoisotopic (exact) mass is 397 g/mol. The number of benzene rings is 2. The lowest BCUT2D eigenvalue weighted by Crippen LogP contribution is -2.15. The van der Waals surface area contributed by atoms with Crippen LogP contribution in [0.3, 0.4) is 0 Å². The number of para-hydroxylation sites is 2. The van der Waals surface area contributed by atoms with E-state index in [2.05, 4.69) is 15.1 Å². The molecule has 0 aliphatic heterocycles. The van der Waals surface area contributed by atoms with Gasteiger partial charge in [0.1, 0.15) is 5.69 Å². The molecule has 0 amide bonds. The third kappa shape index (κ3) is 4.00. The largest absolute Gasteiger partial charge is 0.361 e. The summed E-state index contributed by atoms with van der Waals surface area (Å²) >= 11 is 0. The van der Waals surface area contributed by atoms with E-state index in [0.717, 1.165) is 11.1 Å². The molecule has 0 atom stereocenters. The predicted molar refractivity (Wildman–Crippen MR) is 116 cm³/mol. The molecule has 4 aromatic rings. The van der Waals surface area contributed by atoms with Crippen LogP contribution in [0.15, 0.2) is 73.1 Å². The molecule has 2 heterocycles. The minimum absolute atomic E-state index is 0.221. The van der Waals surface area contributed by atoms with Gasteiger partial charge in [-0.15, -0.1) is 5.10 Å². The van der Waals surface area contributed by atoms with Crippen LogP contribution in [-0.2, 0) is 0 Å². The van der Waals surface area contributed by atoms with E-state index in [4.69, 9.17) is 0 Å². The van der Waals surface area contributed by atoms with Crippen molar-refractivity contribution in [2.24, 2.45) is 0 Å². The highest BCUT2D eigenvalue weighted by atomic mass is 16.2. The van der Waals surface area contributed by atoms with Gasteiger partial charge in [-0.05, 0) is 35.9 Å². The van der Waals surface area contributed by atoms with Gasteiger partial charge in [0.25, 0.3) is 5.91 Å². The van der Waals surface area contributed by atoms with Crippen molar-refractivity contribution in [3.63, 3.8) is 0 Å². The highest BCUT2D eigenvalue weighted by Gasteiger charge is 2.11. The molecule has 4 rings (SSSR count). The molecule has 0 saturated heterocycles. The standard InChI is InChI=1S/C23H19N5O2/c1-27(2)22-13-14-28(26-22)23(30)17-10-7-16(8-11-17)9-12-21(29)20-15-24-18-5-3-4-6-19(18)25-20/h3-15H,1-2H3. The van der Waals surface area contributed by atoms with Crippen molar-refractivity contribution in [3.05, 3.63) is 89.9 Å². The lowest BCUT2D eigenvalue weighted by atomic mass is 10.1. The molecule has 7 heteroatoms. The third-order valence-electron chi connectivity index (χ3n) is 4.53.